The van der Waals surface area contributed by atoms with Gasteiger partial charge in [0.2, 0.25) is 0 Å². The third kappa shape index (κ3) is 2.60. The first-order chi connectivity index (χ1) is 8.60. The van der Waals surface area contributed by atoms with Gasteiger partial charge in [-0.15, -0.1) is 0 Å². The number of H-pyrrole nitrogens is 2. The quantitative estimate of drug-likeness (QED) is 0.746. The Bertz CT molecular complexity index is 613. The lowest BCUT2D eigenvalue weighted by Gasteiger charge is -2.05. The normalized spacial score (nSPS) is 10.1. The van der Waals surface area contributed by atoms with Crippen molar-refractivity contribution < 1.29 is 9.53 Å². The summed E-state index contributed by atoms with van der Waals surface area (Å²) in [5, 5.41) is 2.77. The van der Waals surface area contributed by atoms with Gasteiger partial charge in [0.1, 0.15) is 11.4 Å². The summed E-state index contributed by atoms with van der Waals surface area (Å²) in [7, 11) is 1.59. The van der Waals surface area contributed by atoms with Crippen LogP contribution in [0.3, 0.4) is 0 Å². The number of ether oxygens (including phenoxy) is 1. The SMILES string of the molecule is COc1ccc(NC(=O)c2[nH]c(=S)[nH]c2C)cc1. The molecule has 0 saturated heterocycles. The molecule has 0 bridgehead atoms. The summed E-state index contributed by atoms with van der Waals surface area (Å²) in [6.07, 6.45) is 0. The van der Waals surface area contributed by atoms with Gasteiger partial charge in [-0.05, 0) is 43.4 Å². The van der Waals surface area contributed by atoms with Crippen molar-refractivity contribution in [3.63, 3.8) is 0 Å². The van der Waals surface area contributed by atoms with Gasteiger partial charge in [-0.25, -0.2) is 0 Å². The van der Waals surface area contributed by atoms with Crippen LogP contribution < -0.4 is 10.1 Å². The number of hydrogen-bond acceptors (Lipinski definition) is 3. The molecule has 1 amide bonds. The largest absolute Gasteiger partial charge is 0.497 e. The number of imidazole rings is 1. The van der Waals surface area contributed by atoms with E-state index in [0.29, 0.717) is 21.8 Å². The van der Waals surface area contributed by atoms with Gasteiger partial charge in [0.25, 0.3) is 5.91 Å². The number of carbonyl (C=O) groups is 1. The van der Waals surface area contributed by atoms with Crippen LogP contribution in [0.25, 0.3) is 0 Å². The third-order valence-electron chi connectivity index (χ3n) is 2.49. The van der Waals surface area contributed by atoms with Crippen LogP contribution in [-0.4, -0.2) is 23.0 Å². The average Bonchev–Trinajstić information content (AvgIpc) is 2.69. The topological polar surface area (TPSA) is 69.9 Å². The molecule has 18 heavy (non-hydrogen) atoms. The Kier molecular flexibility index (Phi) is 3.47. The minimum Gasteiger partial charge on any atom is -0.497 e. The highest BCUT2D eigenvalue weighted by molar-refractivity contribution is 7.71. The fraction of sp³-hybridized carbons (Fsp3) is 0.167. The molecule has 2 aromatic rings. The molecule has 0 aliphatic carbocycles. The van der Waals surface area contributed by atoms with Crippen molar-refractivity contribution in [3.8, 4) is 5.75 Å². The summed E-state index contributed by atoms with van der Waals surface area (Å²) in [5.41, 5.74) is 1.85. The van der Waals surface area contributed by atoms with Crippen molar-refractivity contribution in [2.24, 2.45) is 0 Å². The van der Waals surface area contributed by atoms with Crippen LogP contribution >= 0.6 is 12.2 Å². The maximum Gasteiger partial charge on any atom is 0.273 e. The van der Waals surface area contributed by atoms with Crippen molar-refractivity contribution in [1.82, 2.24) is 9.97 Å². The van der Waals surface area contributed by atoms with Crippen molar-refractivity contribution in [2.45, 2.75) is 6.92 Å². The van der Waals surface area contributed by atoms with Gasteiger partial charge in [0.15, 0.2) is 4.77 Å². The van der Waals surface area contributed by atoms with Gasteiger partial charge in [-0.3, -0.25) is 4.79 Å². The van der Waals surface area contributed by atoms with Gasteiger partial charge in [-0.2, -0.15) is 0 Å². The third-order valence-corrected chi connectivity index (χ3v) is 2.69. The fourth-order valence-corrected chi connectivity index (χ4v) is 1.82. The number of anilines is 1. The maximum atomic E-state index is 12.0. The second-order valence-electron chi connectivity index (χ2n) is 3.76. The molecule has 0 atom stereocenters. The molecule has 0 unspecified atom stereocenters. The predicted octanol–water partition coefficient (Wildman–Crippen LogP) is 2.64. The monoisotopic (exact) mass is 263 g/mol. The number of rotatable bonds is 3. The number of hydrogen-bond donors (Lipinski definition) is 3. The number of methoxy groups -OCH3 is 1. The van der Waals surface area contributed by atoms with E-state index in [9.17, 15) is 4.79 Å². The molecule has 0 radical (unpaired) electrons. The number of aromatic amines is 2. The zero-order chi connectivity index (χ0) is 13.1. The van der Waals surface area contributed by atoms with E-state index in [1.807, 2.05) is 0 Å². The first-order valence-corrected chi connectivity index (χ1v) is 5.75. The van der Waals surface area contributed by atoms with Gasteiger partial charge < -0.3 is 20.0 Å². The van der Waals surface area contributed by atoms with Crippen LogP contribution in [0.15, 0.2) is 24.3 Å². The second kappa shape index (κ2) is 5.05. The molecule has 6 heteroatoms. The minimum atomic E-state index is -0.231. The highest BCUT2D eigenvalue weighted by Crippen LogP contribution is 2.16. The van der Waals surface area contributed by atoms with Crippen molar-refractivity contribution in [3.05, 3.63) is 40.4 Å². The highest BCUT2D eigenvalue weighted by atomic mass is 32.1. The van der Waals surface area contributed by atoms with Crippen LogP contribution in [0.2, 0.25) is 0 Å². The molecule has 94 valence electrons. The Morgan fingerprint density at radius 1 is 1.28 bits per heavy atom. The molecule has 5 nitrogen and oxygen atoms in total. The predicted molar refractivity (Wildman–Crippen MR) is 71.7 cm³/mol. The van der Waals surface area contributed by atoms with Gasteiger partial charge in [0, 0.05) is 11.4 Å². The van der Waals surface area contributed by atoms with Crippen molar-refractivity contribution in [1.29, 1.82) is 0 Å². The van der Waals surface area contributed by atoms with Crippen LogP contribution in [0.5, 0.6) is 5.75 Å². The standard InChI is InChI=1S/C12H13N3O2S/c1-7-10(15-12(18)13-7)11(16)14-8-3-5-9(17-2)6-4-8/h3-6H,1-2H3,(H,14,16)(H2,13,15,18). The van der Waals surface area contributed by atoms with Crippen LogP contribution in [-0.2, 0) is 0 Å². The van der Waals surface area contributed by atoms with Crippen LogP contribution in [0, 0.1) is 11.7 Å². The Morgan fingerprint density at radius 3 is 2.44 bits per heavy atom. The second-order valence-corrected chi connectivity index (χ2v) is 4.17. The summed E-state index contributed by atoms with van der Waals surface area (Å²) >= 11 is 4.93. The first-order valence-electron chi connectivity index (χ1n) is 5.34. The Morgan fingerprint density at radius 2 is 1.94 bits per heavy atom. The Balaban J connectivity index is 2.16. The number of amides is 1. The van der Waals surface area contributed by atoms with E-state index in [-0.39, 0.29) is 5.91 Å². The van der Waals surface area contributed by atoms with Gasteiger partial charge >= 0.3 is 0 Å². The fourth-order valence-electron chi connectivity index (χ4n) is 1.57. The zero-order valence-electron chi connectivity index (χ0n) is 10.0. The summed E-state index contributed by atoms with van der Waals surface area (Å²) in [5.74, 6) is 0.509. The molecule has 0 spiro atoms. The zero-order valence-corrected chi connectivity index (χ0v) is 10.9. The lowest BCUT2D eigenvalue weighted by molar-refractivity contribution is 0.102. The van der Waals surface area contributed by atoms with E-state index >= 15 is 0 Å². The van der Waals surface area contributed by atoms with Crippen LogP contribution in [0.1, 0.15) is 16.2 Å². The first kappa shape index (κ1) is 12.4. The summed E-state index contributed by atoms with van der Waals surface area (Å²) < 4.78 is 5.48. The van der Waals surface area contributed by atoms with E-state index in [0.717, 1.165) is 5.75 Å². The lowest BCUT2D eigenvalue weighted by atomic mass is 10.2. The smallest absolute Gasteiger partial charge is 0.273 e. The number of benzene rings is 1. The Hall–Kier alpha value is -2.08. The maximum absolute atomic E-state index is 12.0. The number of carbonyl (C=O) groups excluding carboxylic acids is 1. The van der Waals surface area contributed by atoms with E-state index < -0.39 is 0 Å². The molecule has 1 heterocycles. The molecule has 0 aliphatic heterocycles. The van der Waals surface area contributed by atoms with E-state index in [2.05, 4.69) is 15.3 Å². The van der Waals surface area contributed by atoms with E-state index in [1.54, 1.807) is 38.3 Å². The van der Waals surface area contributed by atoms with E-state index in [4.69, 9.17) is 17.0 Å². The highest BCUT2D eigenvalue weighted by Gasteiger charge is 2.11. The molecular formula is C12H13N3O2S. The van der Waals surface area contributed by atoms with Crippen LogP contribution in [0.4, 0.5) is 5.69 Å². The van der Waals surface area contributed by atoms with Gasteiger partial charge in [0.05, 0.1) is 7.11 Å². The molecule has 0 saturated carbocycles. The minimum absolute atomic E-state index is 0.231. The molecular weight excluding hydrogens is 250 g/mol. The Labute approximate surface area is 109 Å². The summed E-state index contributed by atoms with van der Waals surface area (Å²) in [4.78, 5) is 17.6. The number of nitrogens with one attached hydrogen (secondary N) is 3. The van der Waals surface area contributed by atoms with Crippen molar-refractivity contribution in [2.75, 3.05) is 12.4 Å². The molecule has 0 aliphatic rings. The average molecular weight is 263 g/mol. The molecule has 2 rings (SSSR count). The van der Waals surface area contributed by atoms with Crippen molar-refractivity contribution >= 4 is 23.8 Å². The van der Waals surface area contributed by atoms with E-state index in [1.165, 1.54) is 0 Å². The number of aryl methyl sites for hydroxylation is 1. The molecule has 3 N–H and O–H groups in total. The molecule has 1 aromatic heterocycles. The summed E-state index contributed by atoms with van der Waals surface area (Å²) in [6, 6.07) is 7.10. The molecule has 1 aromatic carbocycles. The lowest BCUT2D eigenvalue weighted by Crippen LogP contribution is -2.13. The molecule has 0 fully saturated rings. The summed E-state index contributed by atoms with van der Waals surface area (Å²) in [6.45, 7) is 1.79. The van der Waals surface area contributed by atoms with Gasteiger partial charge in [-0.1, -0.05) is 0 Å². The number of aromatic nitrogens is 2.